The lowest BCUT2D eigenvalue weighted by Crippen LogP contribution is -2.37. The molecule has 6 rings (SSSR count). The number of aromatic hydroxyl groups is 4. The Labute approximate surface area is 262 Å². The Bertz CT molecular complexity index is 1860. The number of aliphatic hydroxyl groups excluding tert-OH is 1. The van der Waals surface area contributed by atoms with Crippen LogP contribution in [0.4, 0.5) is 5.69 Å². The molecule has 13 nitrogen and oxygen atoms in total. The van der Waals surface area contributed by atoms with E-state index in [1.807, 2.05) is 17.0 Å². The number of carbonyl (C=O) groups is 1. The van der Waals surface area contributed by atoms with Crippen molar-refractivity contribution in [2.45, 2.75) is 31.2 Å². The van der Waals surface area contributed by atoms with E-state index >= 15 is 0 Å². The van der Waals surface area contributed by atoms with Gasteiger partial charge < -0.3 is 39.7 Å². The standard InChI is InChI=1S/C33H30N2O11/c1-44-25-12-17-9-10-34(29(20(17)13-26(25)45-2)16-3-6-19(7-4-16)35(42)43)15-21-23(37)14-27-28(30(21)39)31(40)32(41)33(46-27)18-5-8-22(36)24(38)11-18/h3-8,11-14,29,32-33,36-39,41H,9-10,15H2,1-2H3. The van der Waals surface area contributed by atoms with Gasteiger partial charge in [0.2, 0.25) is 5.78 Å². The van der Waals surface area contributed by atoms with Crippen molar-refractivity contribution in [2.75, 3.05) is 20.8 Å². The van der Waals surface area contributed by atoms with Gasteiger partial charge >= 0.3 is 0 Å². The topological polar surface area (TPSA) is 192 Å². The van der Waals surface area contributed by atoms with Gasteiger partial charge in [0, 0.05) is 31.3 Å². The molecule has 4 aromatic carbocycles. The number of ketones is 1. The van der Waals surface area contributed by atoms with Crippen LogP contribution in [0.3, 0.4) is 0 Å². The number of ether oxygens (including phenoxy) is 3. The third-order valence-electron chi connectivity index (χ3n) is 8.48. The molecule has 3 unspecified atom stereocenters. The van der Waals surface area contributed by atoms with Crippen molar-refractivity contribution in [3.8, 4) is 40.2 Å². The molecule has 2 aliphatic heterocycles. The number of hydrogen-bond donors (Lipinski definition) is 5. The first-order chi connectivity index (χ1) is 22.0. The molecule has 0 radical (unpaired) electrons. The fraction of sp³-hybridized carbons (Fsp3) is 0.242. The van der Waals surface area contributed by atoms with Gasteiger partial charge in [-0.05, 0) is 52.9 Å². The lowest BCUT2D eigenvalue weighted by molar-refractivity contribution is -0.384. The molecular formula is C33H30N2O11. The zero-order chi connectivity index (χ0) is 32.9. The van der Waals surface area contributed by atoms with Crippen LogP contribution in [0.5, 0.6) is 40.2 Å². The monoisotopic (exact) mass is 630 g/mol. The Morgan fingerprint density at radius 1 is 0.913 bits per heavy atom. The number of phenols is 4. The molecule has 0 saturated heterocycles. The molecule has 46 heavy (non-hydrogen) atoms. The van der Waals surface area contributed by atoms with Gasteiger partial charge in [-0.25, -0.2) is 0 Å². The van der Waals surface area contributed by atoms with Gasteiger partial charge in [0.1, 0.15) is 22.8 Å². The van der Waals surface area contributed by atoms with E-state index in [4.69, 9.17) is 14.2 Å². The average molecular weight is 631 g/mol. The second-order valence-electron chi connectivity index (χ2n) is 11.1. The molecule has 0 fully saturated rings. The summed E-state index contributed by atoms with van der Waals surface area (Å²) in [5.41, 5.74) is 2.29. The van der Waals surface area contributed by atoms with Crippen LogP contribution in [-0.2, 0) is 13.0 Å². The zero-order valence-electron chi connectivity index (χ0n) is 24.7. The molecule has 4 aromatic rings. The number of benzene rings is 4. The van der Waals surface area contributed by atoms with E-state index in [-0.39, 0.29) is 40.4 Å². The van der Waals surface area contributed by atoms with Gasteiger partial charge in [-0.1, -0.05) is 18.2 Å². The number of aliphatic hydroxyl groups is 1. The minimum Gasteiger partial charge on any atom is -0.507 e. The average Bonchev–Trinajstić information content (AvgIpc) is 3.04. The predicted molar refractivity (Wildman–Crippen MR) is 162 cm³/mol. The first-order valence-electron chi connectivity index (χ1n) is 14.2. The van der Waals surface area contributed by atoms with Crippen molar-refractivity contribution in [3.63, 3.8) is 0 Å². The minimum absolute atomic E-state index is 0.0134. The highest BCUT2D eigenvalue weighted by Crippen LogP contribution is 2.48. The summed E-state index contributed by atoms with van der Waals surface area (Å²) in [6.45, 7) is 0.374. The maximum Gasteiger partial charge on any atom is 0.269 e. The van der Waals surface area contributed by atoms with Gasteiger partial charge in [0.05, 0.1) is 30.7 Å². The summed E-state index contributed by atoms with van der Waals surface area (Å²) in [4.78, 5) is 26.2. The van der Waals surface area contributed by atoms with E-state index in [1.54, 1.807) is 12.1 Å². The number of non-ortho nitro benzene ring substituents is 1. The molecule has 0 saturated carbocycles. The normalized spacial score (nSPS) is 19.1. The van der Waals surface area contributed by atoms with Crippen LogP contribution < -0.4 is 14.2 Å². The first kappa shape index (κ1) is 30.5. The van der Waals surface area contributed by atoms with Gasteiger partial charge in [0.15, 0.2) is 35.2 Å². The second kappa shape index (κ2) is 11.8. The van der Waals surface area contributed by atoms with Crippen molar-refractivity contribution < 1.29 is 49.5 Å². The lowest BCUT2D eigenvalue weighted by atomic mass is 9.86. The van der Waals surface area contributed by atoms with Crippen molar-refractivity contribution in [2.24, 2.45) is 0 Å². The number of nitro benzene ring substituents is 1. The Morgan fingerprint density at radius 2 is 1.59 bits per heavy atom. The van der Waals surface area contributed by atoms with Gasteiger partial charge in [-0.3, -0.25) is 19.8 Å². The Kier molecular flexibility index (Phi) is 7.80. The molecule has 2 aliphatic rings. The van der Waals surface area contributed by atoms with E-state index in [9.17, 15) is 40.4 Å². The Hall–Kier alpha value is -5.53. The summed E-state index contributed by atoms with van der Waals surface area (Å²) in [6, 6.07) is 14.2. The summed E-state index contributed by atoms with van der Waals surface area (Å²) in [5.74, 6) is -1.81. The van der Waals surface area contributed by atoms with E-state index in [1.165, 1.54) is 44.6 Å². The maximum atomic E-state index is 13.4. The first-order valence-corrected chi connectivity index (χ1v) is 14.2. The molecule has 0 bridgehead atoms. The number of methoxy groups -OCH3 is 2. The van der Waals surface area contributed by atoms with Gasteiger partial charge in [0.25, 0.3) is 5.69 Å². The Balaban J connectivity index is 1.40. The summed E-state index contributed by atoms with van der Waals surface area (Å²) in [6.07, 6.45) is -2.50. The fourth-order valence-corrected chi connectivity index (χ4v) is 6.15. The van der Waals surface area contributed by atoms with Crippen LogP contribution in [-0.4, -0.2) is 68.0 Å². The minimum atomic E-state index is -1.77. The number of rotatable bonds is 7. The fourth-order valence-electron chi connectivity index (χ4n) is 6.15. The highest BCUT2D eigenvalue weighted by molar-refractivity contribution is 6.06. The van der Waals surface area contributed by atoms with E-state index < -0.39 is 46.2 Å². The van der Waals surface area contributed by atoms with E-state index in [0.717, 1.165) is 17.2 Å². The van der Waals surface area contributed by atoms with Gasteiger partial charge in [-0.15, -0.1) is 0 Å². The molecule has 238 valence electrons. The zero-order valence-corrected chi connectivity index (χ0v) is 24.7. The molecule has 0 aromatic heterocycles. The number of hydrogen-bond acceptors (Lipinski definition) is 12. The summed E-state index contributed by atoms with van der Waals surface area (Å²) < 4.78 is 16.9. The van der Waals surface area contributed by atoms with Crippen LogP contribution in [0.25, 0.3) is 0 Å². The van der Waals surface area contributed by atoms with Crippen LogP contribution in [0.15, 0.2) is 60.7 Å². The summed E-state index contributed by atoms with van der Waals surface area (Å²) >= 11 is 0. The van der Waals surface area contributed by atoms with Crippen molar-refractivity contribution in [1.29, 1.82) is 0 Å². The quantitative estimate of drug-likeness (QED) is 0.111. The van der Waals surface area contributed by atoms with Gasteiger partial charge in [-0.2, -0.15) is 0 Å². The molecule has 2 heterocycles. The van der Waals surface area contributed by atoms with Crippen molar-refractivity contribution >= 4 is 11.5 Å². The van der Waals surface area contributed by atoms with Crippen LogP contribution in [0.1, 0.15) is 50.3 Å². The molecule has 5 N–H and O–H groups in total. The highest BCUT2D eigenvalue weighted by Gasteiger charge is 2.41. The number of nitrogens with zero attached hydrogens (tertiary/aromatic N) is 2. The number of nitro groups is 1. The van der Waals surface area contributed by atoms with E-state index in [2.05, 4.69) is 0 Å². The van der Waals surface area contributed by atoms with Crippen molar-refractivity contribution in [1.82, 2.24) is 4.90 Å². The van der Waals surface area contributed by atoms with Crippen LogP contribution >= 0.6 is 0 Å². The van der Waals surface area contributed by atoms with Crippen LogP contribution in [0, 0.1) is 10.1 Å². The number of fused-ring (bicyclic) bond motifs is 2. The number of phenolic OH excluding ortho intramolecular Hbond substituents is 4. The molecule has 3 atom stereocenters. The maximum absolute atomic E-state index is 13.4. The lowest BCUT2D eigenvalue weighted by Gasteiger charge is -2.38. The van der Waals surface area contributed by atoms with Crippen molar-refractivity contribution in [3.05, 3.63) is 104 Å². The number of Topliss-reactive ketones (excluding diaryl/α,β-unsaturated/α-hetero) is 1. The molecule has 13 heteroatoms. The summed E-state index contributed by atoms with van der Waals surface area (Å²) in [7, 11) is 3.05. The third-order valence-corrected chi connectivity index (χ3v) is 8.48. The third kappa shape index (κ3) is 5.14. The largest absolute Gasteiger partial charge is 0.507 e. The molecule has 0 spiro atoms. The molecule has 0 aliphatic carbocycles. The Morgan fingerprint density at radius 3 is 2.24 bits per heavy atom. The van der Waals surface area contributed by atoms with Crippen LogP contribution in [0.2, 0.25) is 0 Å². The molecular weight excluding hydrogens is 600 g/mol. The van der Waals surface area contributed by atoms with E-state index in [0.29, 0.717) is 30.0 Å². The highest BCUT2D eigenvalue weighted by atomic mass is 16.6. The second-order valence-corrected chi connectivity index (χ2v) is 11.1. The smallest absolute Gasteiger partial charge is 0.269 e. The molecule has 0 amide bonds. The predicted octanol–water partition coefficient (Wildman–Crippen LogP) is 4.26. The summed E-state index contributed by atoms with van der Waals surface area (Å²) in [5, 5.41) is 64.3. The number of carbonyl (C=O) groups excluding carboxylic acids is 1. The SMILES string of the molecule is COc1cc2c(cc1OC)C(c1ccc([N+](=O)[O-])cc1)N(Cc1c(O)cc3c(c1O)C(=O)C(O)C(c1ccc(O)c(O)c1)O3)CC2.